The predicted molar refractivity (Wildman–Crippen MR) is 32.0 cm³/mol. The van der Waals surface area contributed by atoms with E-state index in [4.69, 9.17) is 10.8 Å². The number of thiocarbonyl (C=S) groups is 1. The Balaban J connectivity index is 3.40. The van der Waals surface area contributed by atoms with E-state index in [2.05, 4.69) is 12.2 Å². The topological polar surface area (TPSA) is 75.3 Å². The molecule has 0 spiro atoms. The van der Waals surface area contributed by atoms with Gasteiger partial charge < -0.3 is 16.2 Å². The number of hydrogen-bond acceptors (Lipinski definition) is 3. The molecule has 0 radical (unpaired) electrons. The van der Waals surface area contributed by atoms with Crippen LogP contribution in [0.3, 0.4) is 0 Å². The van der Waals surface area contributed by atoms with Gasteiger partial charge in [-0.1, -0.05) is 0 Å². The molecular weight excluding hydrogens is 128 g/mol. The van der Waals surface area contributed by atoms with E-state index in [9.17, 15) is 4.79 Å². The molecule has 4 N–H and O–H groups in total. The van der Waals surface area contributed by atoms with Gasteiger partial charge >= 0.3 is 0 Å². The van der Waals surface area contributed by atoms with Gasteiger partial charge in [0.1, 0.15) is 6.61 Å². The number of nitrogens with one attached hydrogen (secondary N) is 1. The highest BCUT2D eigenvalue weighted by molar-refractivity contribution is 7.80. The van der Waals surface area contributed by atoms with E-state index in [0.717, 1.165) is 0 Å². The molecule has 4 nitrogen and oxygen atoms in total. The van der Waals surface area contributed by atoms with Crippen molar-refractivity contribution in [2.24, 2.45) is 5.73 Å². The van der Waals surface area contributed by atoms with Crippen molar-refractivity contribution in [3.05, 3.63) is 0 Å². The first-order valence-electron chi connectivity index (χ1n) is 1.87. The average Bonchev–Trinajstić information content (AvgIpc) is 1.65. The Morgan fingerprint density at radius 1 is 1.88 bits per heavy atom. The van der Waals surface area contributed by atoms with Crippen LogP contribution in [-0.4, -0.2) is 22.7 Å². The van der Waals surface area contributed by atoms with Crippen molar-refractivity contribution in [3.8, 4) is 0 Å². The number of amides is 1. The minimum atomic E-state index is -0.586. The van der Waals surface area contributed by atoms with Gasteiger partial charge in [0.15, 0.2) is 5.11 Å². The van der Waals surface area contributed by atoms with E-state index >= 15 is 0 Å². The summed E-state index contributed by atoms with van der Waals surface area (Å²) in [5.74, 6) is -0.586. The lowest BCUT2D eigenvalue weighted by Gasteiger charge is -1.95. The monoisotopic (exact) mass is 134 g/mol. The first-order chi connectivity index (χ1) is 3.66. The lowest BCUT2D eigenvalue weighted by Crippen LogP contribution is -2.36. The van der Waals surface area contributed by atoms with Gasteiger partial charge in [-0.3, -0.25) is 4.79 Å². The smallest absolute Gasteiger partial charge is 0.251 e. The summed E-state index contributed by atoms with van der Waals surface area (Å²) in [6.07, 6.45) is 0. The van der Waals surface area contributed by atoms with Crippen molar-refractivity contribution in [3.63, 3.8) is 0 Å². The SMILES string of the molecule is NC(=S)NC(=O)CO. The molecule has 0 heterocycles. The van der Waals surface area contributed by atoms with E-state index < -0.39 is 12.5 Å². The first-order valence-corrected chi connectivity index (χ1v) is 2.27. The summed E-state index contributed by atoms with van der Waals surface area (Å²) in [7, 11) is 0. The Hall–Kier alpha value is -0.680. The number of carbonyl (C=O) groups is 1. The number of rotatable bonds is 1. The molecule has 1 amide bonds. The van der Waals surface area contributed by atoms with Crippen LogP contribution < -0.4 is 11.1 Å². The van der Waals surface area contributed by atoms with Crippen LogP contribution in [0.4, 0.5) is 0 Å². The fraction of sp³-hybridized carbons (Fsp3) is 0.333. The number of aliphatic hydroxyl groups excluding tert-OH is 1. The van der Waals surface area contributed by atoms with Gasteiger partial charge in [-0.15, -0.1) is 0 Å². The van der Waals surface area contributed by atoms with E-state index in [-0.39, 0.29) is 5.11 Å². The fourth-order valence-electron chi connectivity index (χ4n) is 0.177. The van der Waals surface area contributed by atoms with Crippen molar-refractivity contribution >= 4 is 23.2 Å². The third-order valence-electron chi connectivity index (χ3n) is 0.406. The van der Waals surface area contributed by atoms with E-state index in [1.165, 1.54) is 0 Å². The molecule has 0 saturated carbocycles. The zero-order valence-electron chi connectivity index (χ0n) is 4.05. The minimum Gasteiger partial charge on any atom is -0.387 e. The van der Waals surface area contributed by atoms with E-state index in [0.29, 0.717) is 0 Å². The van der Waals surface area contributed by atoms with Crippen LogP contribution in [0.25, 0.3) is 0 Å². The highest BCUT2D eigenvalue weighted by atomic mass is 32.1. The molecule has 0 aliphatic heterocycles. The van der Waals surface area contributed by atoms with Gasteiger partial charge in [-0.2, -0.15) is 0 Å². The highest BCUT2D eigenvalue weighted by Gasteiger charge is 1.95. The molecule has 46 valence electrons. The molecule has 0 rings (SSSR count). The molecule has 0 aromatic carbocycles. The first kappa shape index (κ1) is 7.32. The Morgan fingerprint density at radius 3 is 2.50 bits per heavy atom. The lowest BCUT2D eigenvalue weighted by molar-refractivity contribution is -0.122. The molecule has 0 aromatic rings. The second-order valence-corrected chi connectivity index (χ2v) is 1.51. The Bertz CT molecular complexity index is 114. The fourth-order valence-corrected chi connectivity index (χ4v) is 0.291. The van der Waals surface area contributed by atoms with Gasteiger partial charge in [0.05, 0.1) is 0 Å². The molecule has 0 fully saturated rings. The number of hydrogen-bond donors (Lipinski definition) is 3. The van der Waals surface area contributed by atoms with Gasteiger partial charge in [0, 0.05) is 0 Å². The van der Waals surface area contributed by atoms with Gasteiger partial charge in [-0.05, 0) is 12.2 Å². The minimum absolute atomic E-state index is 0.121. The van der Waals surface area contributed by atoms with Crippen molar-refractivity contribution in [2.45, 2.75) is 0 Å². The summed E-state index contributed by atoms with van der Waals surface area (Å²) in [6, 6.07) is 0. The van der Waals surface area contributed by atoms with E-state index in [1.807, 2.05) is 5.32 Å². The summed E-state index contributed by atoms with van der Waals surface area (Å²) in [4.78, 5) is 10.1. The molecule has 0 unspecified atom stereocenters. The van der Waals surface area contributed by atoms with Gasteiger partial charge in [0.25, 0.3) is 5.91 Å². The van der Waals surface area contributed by atoms with Gasteiger partial charge in [-0.25, -0.2) is 0 Å². The third-order valence-corrected chi connectivity index (χ3v) is 0.508. The van der Waals surface area contributed by atoms with Crippen molar-refractivity contribution in [1.82, 2.24) is 5.32 Å². The quantitative estimate of drug-likeness (QED) is 0.375. The maximum atomic E-state index is 10.1. The van der Waals surface area contributed by atoms with Crippen LogP contribution in [0.2, 0.25) is 0 Å². The zero-order chi connectivity index (χ0) is 6.57. The molecule has 8 heavy (non-hydrogen) atoms. The maximum Gasteiger partial charge on any atom is 0.251 e. The molecule has 0 atom stereocenters. The van der Waals surface area contributed by atoms with Crippen LogP contribution in [0.1, 0.15) is 0 Å². The second kappa shape index (κ2) is 3.34. The Labute approximate surface area is 51.7 Å². The van der Waals surface area contributed by atoms with Gasteiger partial charge in [0.2, 0.25) is 0 Å². The van der Waals surface area contributed by atoms with Crippen molar-refractivity contribution < 1.29 is 9.90 Å². The molecule has 5 heteroatoms. The zero-order valence-corrected chi connectivity index (χ0v) is 4.86. The summed E-state index contributed by atoms with van der Waals surface area (Å²) in [6.45, 7) is -0.586. The number of nitrogens with two attached hydrogens (primary N) is 1. The van der Waals surface area contributed by atoms with Crippen LogP contribution in [0, 0.1) is 0 Å². The second-order valence-electron chi connectivity index (χ2n) is 1.07. The third kappa shape index (κ3) is 3.51. The number of carbonyl (C=O) groups excluding carboxylic acids is 1. The lowest BCUT2D eigenvalue weighted by atomic mass is 10.6. The molecule has 0 bridgehead atoms. The molecule has 0 aliphatic rings. The predicted octanol–water partition coefficient (Wildman–Crippen LogP) is -1.66. The standard InChI is InChI=1S/C3H6N2O2S/c4-3(8)5-2(7)1-6/h6H,1H2,(H3,4,5,7,8). The number of aliphatic hydroxyl groups is 1. The summed E-state index contributed by atoms with van der Waals surface area (Å²) in [5, 5.41) is 9.95. The largest absolute Gasteiger partial charge is 0.387 e. The molecule has 0 aromatic heterocycles. The molecule has 0 aliphatic carbocycles. The highest BCUT2D eigenvalue weighted by Crippen LogP contribution is 1.60. The van der Waals surface area contributed by atoms with Crippen LogP contribution in [0.15, 0.2) is 0 Å². The van der Waals surface area contributed by atoms with Crippen molar-refractivity contribution in [1.29, 1.82) is 0 Å². The Morgan fingerprint density at radius 2 is 2.38 bits per heavy atom. The summed E-state index contributed by atoms with van der Waals surface area (Å²) >= 11 is 4.27. The van der Waals surface area contributed by atoms with Crippen LogP contribution in [0.5, 0.6) is 0 Å². The summed E-state index contributed by atoms with van der Waals surface area (Å²) in [5.41, 5.74) is 4.86. The van der Waals surface area contributed by atoms with Crippen molar-refractivity contribution in [2.75, 3.05) is 6.61 Å². The summed E-state index contributed by atoms with van der Waals surface area (Å²) < 4.78 is 0. The maximum absolute atomic E-state index is 10.1. The Kier molecular flexibility index (Phi) is 3.05. The van der Waals surface area contributed by atoms with E-state index in [1.54, 1.807) is 0 Å². The average molecular weight is 134 g/mol. The van der Waals surface area contributed by atoms with Crippen LogP contribution >= 0.6 is 12.2 Å². The molecular formula is C3H6N2O2S. The normalized spacial score (nSPS) is 8.12. The molecule has 0 saturated heterocycles. The van der Waals surface area contributed by atoms with Crippen LogP contribution in [-0.2, 0) is 4.79 Å².